The van der Waals surface area contributed by atoms with Crippen molar-refractivity contribution in [1.29, 1.82) is 0 Å². The van der Waals surface area contributed by atoms with E-state index in [2.05, 4.69) is 35.9 Å². The third-order valence-corrected chi connectivity index (χ3v) is 2.76. The maximum absolute atomic E-state index is 11.7. The van der Waals surface area contributed by atoms with Gasteiger partial charge in [0.2, 0.25) is 11.8 Å². The van der Waals surface area contributed by atoms with Gasteiger partial charge in [-0.25, -0.2) is 4.79 Å². The maximum Gasteiger partial charge on any atom is 0.327 e. The van der Waals surface area contributed by atoms with E-state index in [4.69, 9.17) is 10.8 Å². The molecule has 0 spiro atoms. The van der Waals surface area contributed by atoms with Crippen molar-refractivity contribution < 1.29 is 19.5 Å². The molecule has 0 heterocycles. The number of hydrogen-bond donors (Lipinski definition) is 6. The Hall–Kier alpha value is -0.930. The molecule has 0 aliphatic rings. The lowest BCUT2D eigenvalue weighted by atomic mass is 10.2. The number of hydrogen-bond acceptors (Lipinski definition) is 6. The van der Waals surface area contributed by atoms with E-state index in [0.29, 0.717) is 0 Å². The first kappa shape index (κ1) is 17.1. The molecule has 0 radical (unpaired) electrons. The summed E-state index contributed by atoms with van der Waals surface area (Å²) >= 11 is 7.73. The van der Waals surface area contributed by atoms with Crippen LogP contribution < -0.4 is 16.4 Å². The number of carbonyl (C=O) groups excluding carboxylic acids is 2. The summed E-state index contributed by atoms with van der Waals surface area (Å²) in [6.07, 6.45) is 0. The zero-order valence-electron chi connectivity index (χ0n) is 9.79. The molecule has 0 saturated heterocycles. The molecule has 0 bridgehead atoms. The molecule has 0 aromatic carbocycles. The van der Waals surface area contributed by atoms with Crippen molar-refractivity contribution in [1.82, 2.24) is 10.6 Å². The normalized spacial score (nSPS) is 15.3. The molecule has 7 nitrogen and oxygen atoms in total. The Balaban J connectivity index is 4.52. The standard InChI is InChI=1S/C9H17N3O4S2/c1-4(10)7(13)11-5(2-17)8(14)12-6(3-18)9(15)16/h4-6,17-18H,2-3,10H2,1H3,(H,11,13)(H,12,14)(H,15,16). The summed E-state index contributed by atoms with van der Waals surface area (Å²) in [5.74, 6) is -2.37. The molecule has 0 aromatic rings. The van der Waals surface area contributed by atoms with Gasteiger partial charge in [0.1, 0.15) is 12.1 Å². The molecule has 2 amide bonds. The first-order valence-corrected chi connectivity index (χ1v) is 6.40. The van der Waals surface area contributed by atoms with E-state index in [-0.39, 0.29) is 11.5 Å². The first-order valence-electron chi connectivity index (χ1n) is 5.14. The summed E-state index contributed by atoms with van der Waals surface area (Å²) in [4.78, 5) is 33.7. The Morgan fingerprint density at radius 2 is 1.56 bits per heavy atom. The molecule has 0 aliphatic carbocycles. The predicted molar refractivity (Wildman–Crippen MR) is 72.9 cm³/mol. The Morgan fingerprint density at radius 1 is 1.11 bits per heavy atom. The fraction of sp³-hybridized carbons (Fsp3) is 0.667. The van der Waals surface area contributed by atoms with Crippen LogP contribution in [0, 0.1) is 0 Å². The van der Waals surface area contributed by atoms with Crippen molar-refractivity contribution in [2.75, 3.05) is 11.5 Å². The number of carboxylic acid groups (broad SMARTS) is 1. The summed E-state index contributed by atoms with van der Waals surface area (Å²) in [6, 6.07) is -2.82. The third-order valence-electron chi connectivity index (χ3n) is 2.03. The molecule has 0 rings (SSSR count). The maximum atomic E-state index is 11.7. The van der Waals surface area contributed by atoms with Gasteiger partial charge in [0.15, 0.2) is 0 Å². The van der Waals surface area contributed by atoms with Gasteiger partial charge >= 0.3 is 5.97 Å². The summed E-state index contributed by atoms with van der Waals surface area (Å²) in [6.45, 7) is 1.47. The number of nitrogens with two attached hydrogens (primary N) is 1. The smallest absolute Gasteiger partial charge is 0.327 e. The molecule has 104 valence electrons. The highest BCUT2D eigenvalue weighted by Gasteiger charge is 2.25. The monoisotopic (exact) mass is 295 g/mol. The highest BCUT2D eigenvalue weighted by Crippen LogP contribution is 1.94. The van der Waals surface area contributed by atoms with Gasteiger partial charge in [-0.1, -0.05) is 0 Å². The molecular formula is C9H17N3O4S2. The fourth-order valence-corrected chi connectivity index (χ4v) is 1.46. The van der Waals surface area contributed by atoms with Gasteiger partial charge in [-0.15, -0.1) is 0 Å². The minimum Gasteiger partial charge on any atom is -0.480 e. The van der Waals surface area contributed by atoms with E-state index in [9.17, 15) is 14.4 Å². The number of amides is 2. The molecule has 0 aromatic heterocycles. The molecule has 0 aliphatic heterocycles. The van der Waals surface area contributed by atoms with E-state index in [1.807, 2.05) is 0 Å². The average Bonchev–Trinajstić information content (AvgIpc) is 2.31. The molecular weight excluding hydrogens is 278 g/mol. The lowest BCUT2D eigenvalue weighted by Gasteiger charge is -2.20. The lowest BCUT2D eigenvalue weighted by molar-refractivity contribution is -0.141. The van der Waals surface area contributed by atoms with Crippen LogP contribution in [0.2, 0.25) is 0 Å². The molecule has 3 atom stereocenters. The van der Waals surface area contributed by atoms with Gasteiger partial charge in [0.25, 0.3) is 0 Å². The predicted octanol–water partition coefficient (Wildman–Crippen LogP) is -1.75. The SMILES string of the molecule is CC(N)C(=O)NC(CS)C(=O)NC(CS)C(=O)O. The Kier molecular flexibility index (Phi) is 7.80. The van der Waals surface area contributed by atoms with Crippen molar-refractivity contribution in [2.24, 2.45) is 5.73 Å². The number of nitrogens with one attached hydrogen (secondary N) is 2. The quantitative estimate of drug-likeness (QED) is 0.311. The largest absolute Gasteiger partial charge is 0.480 e. The molecule has 9 heteroatoms. The highest BCUT2D eigenvalue weighted by molar-refractivity contribution is 7.80. The van der Waals surface area contributed by atoms with Gasteiger partial charge in [0, 0.05) is 11.5 Å². The van der Waals surface area contributed by atoms with Gasteiger partial charge in [-0.3, -0.25) is 9.59 Å². The molecule has 0 fully saturated rings. The van der Waals surface area contributed by atoms with E-state index in [1.54, 1.807) is 0 Å². The van der Waals surface area contributed by atoms with Gasteiger partial charge < -0.3 is 21.5 Å². The minimum absolute atomic E-state index is 0.0310. The second-order valence-corrected chi connectivity index (χ2v) is 4.34. The summed E-state index contributed by atoms with van der Waals surface area (Å²) in [7, 11) is 0. The van der Waals surface area contributed by atoms with Gasteiger partial charge in [0.05, 0.1) is 6.04 Å². The van der Waals surface area contributed by atoms with Crippen molar-refractivity contribution in [3.8, 4) is 0 Å². The number of carboxylic acids is 1. The van der Waals surface area contributed by atoms with Crippen molar-refractivity contribution in [2.45, 2.75) is 25.0 Å². The van der Waals surface area contributed by atoms with Crippen molar-refractivity contribution in [3.63, 3.8) is 0 Å². The number of carbonyl (C=O) groups is 3. The topological polar surface area (TPSA) is 122 Å². The Morgan fingerprint density at radius 3 is 1.89 bits per heavy atom. The van der Waals surface area contributed by atoms with Crippen LogP contribution in [0.1, 0.15) is 6.92 Å². The second kappa shape index (κ2) is 8.22. The Labute approximate surface area is 116 Å². The van der Waals surface area contributed by atoms with Crippen LogP contribution in [-0.4, -0.2) is 52.5 Å². The van der Waals surface area contributed by atoms with Crippen LogP contribution in [0.25, 0.3) is 0 Å². The summed E-state index contributed by atoms with van der Waals surface area (Å²) in [5.41, 5.74) is 5.34. The fourth-order valence-electron chi connectivity index (χ4n) is 0.955. The van der Waals surface area contributed by atoms with Crippen LogP contribution in [0.3, 0.4) is 0 Å². The second-order valence-electron chi connectivity index (χ2n) is 3.61. The molecule has 18 heavy (non-hydrogen) atoms. The van der Waals surface area contributed by atoms with Crippen LogP contribution in [-0.2, 0) is 14.4 Å². The highest BCUT2D eigenvalue weighted by atomic mass is 32.1. The van der Waals surface area contributed by atoms with Crippen LogP contribution >= 0.6 is 25.3 Å². The third kappa shape index (κ3) is 5.61. The summed E-state index contributed by atoms with van der Waals surface area (Å²) < 4.78 is 0. The van der Waals surface area contributed by atoms with Crippen LogP contribution in [0.5, 0.6) is 0 Å². The van der Waals surface area contributed by atoms with E-state index < -0.39 is 35.9 Å². The van der Waals surface area contributed by atoms with E-state index in [0.717, 1.165) is 0 Å². The Bertz CT molecular complexity index is 325. The minimum atomic E-state index is -1.20. The summed E-state index contributed by atoms with van der Waals surface area (Å²) in [5, 5.41) is 13.4. The van der Waals surface area contributed by atoms with Crippen LogP contribution in [0.15, 0.2) is 0 Å². The van der Waals surface area contributed by atoms with E-state index in [1.165, 1.54) is 6.92 Å². The zero-order chi connectivity index (χ0) is 14.3. The molecule has 3 unspecified atom stereocenters. The lowest BCUT2D eigenvalue weighted by Crippen LogP contribution is -2.55. The number of rotatable bonds is 7. The number of thiol groups is 2. The van der Waals surface area contributed by atoms with Crippen molar-refractivity contribution >= 4 is 43.0 Å². The number of aliphatic carboxylic acids is 1. The molecule has 5 N–H and O–H groups in total. The van der Waals surface area contributed by atoms with Crippen molar-refractivity contribution in [3.05, 3.63) is 0 Å². The van der Waals surface area contributed by atoms with Gasteiger partial charge in [-0.2, -0.15) is 25.3 Å². The van der Waals surface area contributed by atoms with Gasteiger partial charge in [-0.05, 0) is 6.92 Å². The zero-order valence-corrected chi connectivity index (χ0v) is 11.6. The molecule has 0 saturated carbocycles. The first-order chi connectivity index (χ1) is 8.33. The average molecular weight is 295 g/mol. The van der Waals surface area contributed by atoms with Crippen LogP contribution in [0.4, 0.5) is 0 Å². The van der Waals surface area contributed by atoms with E-state index >= 15 is 0 Å².